The molecule has 1 amide bonds. The minimum Gasteiger partial charge on any atom is -0.469 e. The summed E-state index contributed by atoms with van der Waals surface area (Å²) in [5.41, 5.74) is 2.55. The van der Waals surface area contributed by atoms with Gasteiger partial charge in [0.15, 0.2) is 0 Å². The highest BCUT2D eigenvalue weighted by atomic mass is 32.2. The minimum absolute atomic E-state index is 0.147. The molecule has 2 aromatic rings. The van der Waals surface area contributed by atoms with Gasteiger partial charge in [-0.3, -0.25) is 9.59 Å². The monoisotopic (exact) mass is 362 g/mol. The summed E-state index contributed by atoms with van der Waals surface area (Å²) in [5.74, 6) is 1.07. The van der Waals surface area contributed by atoms with Crippen molar-refractivity contribution in [3.05, 3.63) is 46.8 Å². The Morgan fingerprint density at radius 2 is 2.04 bits per heavy atom. The molecule has 0 unspecified atom stereocenters. The summed E-state index contributed by atoms with van der Waals surface area (Å²) in [5, 5.41) is 6.80. The van der Waals surface area contributed by atoms with Crippen LogP contribution in [-0.2, 0) is 15.3 Å². The lowest BCUT2D eigenvalue weighted by Gasteiger charge is -2.10. The lowest BCUT2D eigenvalue weighted by atomic mass is 10.2. The van der Waals surface area contributed by atoms with Crippen LogP contribution < -0.4 is 5.32 Å². The fourth-order valence-electron chi connectivity index (χ4n) is 2.27. The lowest BCUT2D eigenvalue weighted by molar-refractivity contribution is -0.140. The van der Waals surface area contributed by atoms with Crippen LogP contribution in [0.25, 0.3) is 0 Å². The predicted molar refractivity (Wildman–Crippen MR) is 95.6 cm³/mol. The van der Waals surface area contributed by atoms with Crippen LogP contribution >= 0.6 is 11.8 Å². The first kappa shape index (κ1) is 19.1. The van der Waals surface area contributed by atoms with E-state index in [0.717, 1.165) is 21.9 Å². The van der Waals surface area contributed by atoms with Gasteiger partial charge in [-0.1, -0.05) is 17.3 Å². The van der Waals surface area contributed by atoms with Crippen molar-refractivity contribution in [2.45, 2.75) is 37.3 Å². The van der Waals surface area contributed by atoms with E-state index in [-0.39, 0.29) is 11.9 Å². The molecule has 0 spiro atoms. The minimum atomic E-state index is -0.273. The first-order valence-electron chi connectivity index (χ1n) is 8.01. The number of methoxy groups -OCH3 is 1. The smallest absolute Gasteiger partial charge is 0.305 e. The second-order valence-electron chi connectivity index (χ2n) is 5.52. The van der Waals surface area contributed by atoms with Gasteiger partial charge in [0.1, 0.15) is 5.76 Å². The zero-order valence-electron chi connectivity index (χ0n) is 14.6. The van der Waals surface area contributed by atoms with Crippen molar-refractivity contribution >= 4 is 23.6 Å². The number of aryl methyl sites for hydroxylation is 2. The van der Waals surface area contributed by atoms with Crippen LogP contribution in [0.1, 0.15) is 40.2 Å². The number of rotatable bonds is 8. The van der Waals surface area contributed by atoms with E-state index in [1.807, 2.05) is 32.0 Å². The van der Waals surface area contributed by atoms with Gasteiger partial charge < -0.3 is 14.6 Å². The fourth-order valence-corrected chi connectivity index (χ4v) is 3.47. The van der Waals surface area contributed by atoms with Gasteiger partial charge in [-0.05, 0) is 32.4 Å². The number of carbonyl (C=O) groups is 2. The number of thioether (sulfide) groups is 1. The van der Waals surface area contributed by atoms with E-state index in [1.165, 1.54) is 7.11 Å². The molecule has 1 aromatic heterocycles. The number of aromatic nitrogens is 1. The quantitative estimate of drug-likeness (QED) is 0.441. The largest absolute Gasteiger partial charge is 0.469 e. The molecule has 0 aliphatic heterocycles. The molecule has 1 aromatic carbocycles. The number of hydrogen-bond donors (Lipinski definition) is 1. The van der Waals surface area contributed by atoms with E-state index >= 15 is 0 Å². The second-order valence-corrected chi connectivity index (χ2v) is 6.54. The third kappa shape index (κ3) is 5.35. The molecule has 0 fully saturated rings. The van der Waals surface area contributed by atoms with Crippen molar-refractivity contribution in [3.8, 4) is 0 Å². The van der Waals surface area contributed by atoms with Crippen molar-refractivity contribution in [2.75, 3.05) is 13.7 Å². The highest BCUT2D eigenvalue weighted by molar-refractivity contribution is 7.98. The Hall–Kier alpha value is -2.28. The normalized spacial score (nSPS) is 10.5. The molecule has 6 nitrogen and oxygen atoms in total. The maximum absolute atomic E-state index is 12.4. The molecule has 7 heteroatoms. The SMILES string of the molecule is COC(=O)CCCNC(=O)c1ccccc1SCc1c(C)noc1C. The number of esters is 1. The number of hydrogen-bond acceptors (Lipinski definition) is 6. The van der Waals surface area contributed by atoms with E-state index in [0.29, 0.717) is 30.7 Å². The molecule has 1 heterocycles. The average molecular weight is 362 g/mol. The topological polar surface area (TPSA) is 81.4 Å². The van der Waals surface area contributed by atoms with Gasteiger partial charge in [0.25, 0.3) is 5.91 Å². The predicted octanol–water partition coefficient (Wildman–Crippen LogP) is 3.27. The number of amides is 1. The molecule has 0 aliphatic rings. The van der Waals surface area contributed by atoms with E-state index in [1.54, 1.807) is 17.8 Å². The highest BCUT2D eigenvalue weighted by Crippen LogP contribution is 2.28. The Morgan fingerprint density at radius 1 is 1.28 bits per heavy atom. The molecule has 0 aliphatic carbocycles. The molecule has 0 saturated heterocycles. The van der Waals surface area contributed by atoms with Gasteiger partial charge in [0.2, 0.25) is 0 Å². The molecule has 25 heavy (non-hydrogen) atoms. The van der Waals surface area contributed by atoms with Gasteiger partial charge in [-0.15, -0.1) is 11.8 Å². The summed E-state index contributed by atoms with van der Waals surface area (Å²) in [7, 11) is 1.35. The van der Waals surface area contributed by atoms with E-state index in [2.05, 4.69) is 15.2 Å². The van der Waals surface area contributed by atoms with Crippen LogP contribution in [0, 0.1) is 13.8 Å². The van der Waals surface area contributed by atoms with Gasteiger partial charge in [-0.2, -0.15) is 0 Å². The van der Waals surface area contributed by atoms with Crippen LogP contribution in [0.4, 0.5) is 0 Å². The summed E-state index contributed by atoms with van der Waals surface area (Å²) in [6, 6.07) is 7.46. The van der Waals surface area contributed by atoms with E-state index < -0.39 is 0 Å². The van der Waals surface area contributed by atoms with Gasteiger partial charge in [0.05, 0.1) is 18.4 Å². The maximum Gasteiger partial charge on any atom is 0.305 e. The summed E-state index contributed by atoms with van der Waals surface area (Å²) in [6.45, 7) is 4.22. The number of benzene rings is 1. The number of carbonyl (C=O) groups excluding carboxylic acids is 2. The third-order valence-electron chi connectivity index (χ3n) is 3.76. The van der Waals surface area contributed by atoms with Crippen molar-refractivity contribution < 1.29 is 18.8 Å². The molecule has 2 rings (SSSR count). The van der Waals surface area contributed by atoms with Crippen LogP contribution in [-0.4, -0.2) is 30.7 Å². The standard InChI is InChI=1S/C18H22N2O4S/c1-12-15(13(2)24-20-12)11-25-16-8-5-4-7-14(16)18(22)19-10-6-9-17(21)23-3/h4-5,7-8H,6,9-11H2,1-3H3,(H,19,22). The molecule has 134 valence electrons. The van der Waals surface area contributed by atoms with Crippen molar-refractivity contribution in [1.82, 2.24) is 10.5 Å². The fraction of sp³-hybridized carbons (Fsp3) is 0.389. The molecule has 0 bridgehead atoms. The molecular formula is C18H22N2O4S. The molecule has 0 saturated carbocycles. The number of ether oxygens (including phenoxy) is 1. The van der Waals surface area contributed by atoms with Crippen molar-refractivity contribution in [1.29, 1.82) is 0 Å². The first-order chi connectivity index (χ1) is 12.0. The zero-order valence-corrected chi connectivity index (χ0v) is 15.4. The second kappa shape index (κ2) is 9.27. The zero-order chi connectivity index (χ0) is 18.2. The van der Waals surface area contributed by atoms with E-state index in [4.69, 9.17) is 4.52 Å². The molecule has 0 radical (unpaired) electrons. The number of nitrogens with zero attached hydrogens (tertiary/aromatic N) is 1. The maximum atomic E-state index is 12.4. The lowest BCUT2D eigenvalue weighted by Crippen LogP contribution is -2.25. The Labute approximate surface area is 151 Å². The Kier molecular flexibility index (Phi) is 7.06. The van der Waals surface area contributed by atoms with Gasteiger partial charge >= 0.3 is 5.97 Å². The van der Waals surface area contributed by atoms with Crippen molar-refractivity contribution in [3.63, 3.8) is 0 Å². The molecular weight excluding hydrogens is 340 g/mol. The number of nitrogens with one attached hydrogen (secondary N) is 1. The third-order valence-corrected chi connectivity index (χ3v) is 4.86. The van der Waals surface area contributed by atoms with Crippen LogP contribution in [0.15, 0.2) is 33.7 Å². The average Bonchev–Trinajstić information content (AvgIpc) is 2.94. The summed E-state index contributed by atoms with van der Waals surface area (Å²) >= 11 is 1.57. The molecule has 1 N–H and O–H groups in total. The summed E-state index contributed by atoms with van der Waals surface area (Å²) < 4.78 is 9.75. The van der Waals surface area contributed by atoms with Crippen LogP contribution in [0.2, 0.25) is 0 Å². The van der Waals surface area contributed by atoms with E-state index in [9.17, 15) is 9.59 Å². The molecule has 0 atom stereocenters. The van der Waals surface area contributed by atoms with Crippen LogP contribution in [0.5, 0.6) is 0 Å². The van der Waals surface area contributed by atoms with Crippen molar-refractivity contribution in [2.24, 2.45) is 0 Å². The first-order valence-corrected chi connectivity index (χ1v) is 9.00. The Balaban J connectivity index is 1.95. The Bertz CT molecular complexity index is 723. The summed E-state index contributed by atoms with van der Waals surface area (Å²) in [6.07, 6.45) is 0.839. The highest BCUT2D eigenvalue weighted by Gasteiger charge is 2.14. The van der Waals surface area contributed by atoms with Gasteiger partial charge in [-0.25, -0.2) is 0 Å². The van der Waals surface area contributed by atoms with Crippen LogP contribution in [0.3, 0.4) is 0 Å². The summed E-state index contributed by atoms with van der Waals surface area (Å²) in [4.78, 5) is 24.4. The van der Waals surface area contributed by atoms with Gasteiger partial charge in [0, 0.05) is 29.2 Å². The Morgan fingerprint density at radius 3 is 2.72 bits per heavy atom.